The summed E-state index contributed by atoms with van der Waals surface area (Å²) < 4.78 is 5.12. The maximum absolute atomic E-state index is 5.96. The smallest absolute Gasteiger partial charge is 0.217 e. The summed E-state index contributed by atoms with van der Waals surface area (Å²) in [7, 11) is 1.62. The van der Waals surface area contributed by atoms with Gasteiger partial charge in [-0.05, 0) is 12.5 Å². The lowest BCUT2D eigenvalue weighted by Crippen LogP contribution is -2.11. The van der Waals surface area contributed by atoms with Gasteiger partial charge >= 0.3 is 0 Å². The lowest BCUT2D eigenvalue weighted by molar-refractivity contribution is 0.387. The van der Waals surface area contributed by atoms with Crippen molar-refractivity contribution in [3.63, 3.8) is 0 Å². The molecule has 0 radical (unpaired) electrons. The summed E-state index contributed by atoms with van der Waals surface area (Å²) >= 11 is 0. The molecule has 1 unspecified atom stereocenters. The van der Waals surface area contributed by atoms with Crippen molar-refractivity contribution in [2.75, 3.05) is 7.11 Å². The number of ether oxygens (including phenoxy) is 1. The van der Waals surface area contributed by atoms with Gasteiger partial charge in [-0.1, -0.05) is 19.4 Å². The fourth-order valence-corrected chi connectivity index (χ4v) is 1.32. The van der Waals surface area contributed by atoms with Gasteiger partial charge in [0.25, 0.3) is 0 Å². The van der Waals surface area contributed by atoms with Gasteiger partial charge in [0.1, 0.15) is 0 Å². The largest absolute Gasteiger partial charge is 0.481 e. The molecule has 3 nitrogen and oxygen atoms in total. The van der Waals surface area contributed by atoms with E-state index in [1.54, 1.807) is 13.3 Å². The first-order valence-electron chi connectivity index (χ1n) is 4.54. The quantitative estimate of drug-likeness (QED) is 0.769. The standard InChI is InChI=1S/C10H16N2O/c1-3-5-9(11)8-6-4-7-12-10(8)13-2/h4,6-7,9H,3,5,11H2,1-2H3. The molecule has 0 saturated heterocycles. The molecule has 2 N–H and O–H groups in total. The molecule has 13 heavy (non-hydrogen) atoms. The van der Waals surface area contributed by atoms with Gasteiger partial charge in [0.05, 0.1) is 7.11 Å². The van der Waals surface area contributed by atoms with Gasteiger partial charge in [0.15, 0.2) is 0 Å². The van der Waals surface area contributed by atoms with E-state index in [2.05, 4.69) is 11.9 Å². The monoisotopic (exact) mass is 180 g/mol. The Kier molecular flexibility index (Phi) is 3.71. The molecule has 0 aliphatic heterocycles. The van der Waals surface area contributed by atoms with Gasteiger partial charge in [-0.2, -0.15) is 0 Å². The van der Waals surface area contributed by atoms with Gasteiger partial charge in [-0.3, -0.25) is 0 Å². The molecule has 0 aliphatic carbocycles. The van der Waals surface area contributed by atoms with Crippen LogP contribution in [0.1, 0.15) is 31.4 Å². The highest BCUT2D eigenvalue weighted by atomic mass is 16.5. The third-order valence-electron chi connectivity index (χ3n) is 1.99. The van der Waals surface area contributed by atoms with Crippen molar-refractivity contribution in [2.24, 2.45) is 5.73 Å². The molecule has 1 aromatic heterocycles. The number of rotatable bonds is 4. The zero-order valence-corrected chi connectivity index (χ0v) is 8.16. The molecule has 1 aromatic rings. The minimum absolute atomic E-state index is 0.0358. The van der Waals surface area contributed by atoms with Crippen LogP contribution in [-0.4, -0.2) is 12.1 Å². The summed E-state index contributed by atoms with van der Waals surface area (Å²) in [5.74, 6) is 0.642. The molecule has 1 rings (SSSR count). The van der Waals surface area contributed by atoms with Gasteiger partial charge < -0.3 is 10.5 Å². The molecule has 0 aromatic carbocycles. The van der Waals surface area contributed by atoms with Crippen LogP contribution in [0, 0.1) is 0 Å². The van der Waals surface area contributed by atoms with Crippen molar-refractivity contribution < 1.29 is 4.74 Å². The predicted octanol–water partition coefficient (Wildman–Crippen LogP) is 1.89. The van der Waals surface area contributed by atoms with E-state index in [9.17, 15) is 0 Å². The van der Waals surface area contributed by atoms with E-state index in [1.807, 2.05) is 12.1 Å². The minimum atomic E-state index is 0.0358. The summed E-state index contributed by atoms with van der Waals surface area (Å²) in [6, 6.07) is 3.88. The Hall–Kier alpha value is -1.09. The summed E-state index contributed by atoms with van der Waals surface area (Å²) in [6.07, 6.45) is 3.74. The predicted molar refractivity (Wildman–Crippen MR) is 52.6 cm³/mol. The van der Waals surface area contributed by atoms with E-state index in [0.717, 1.165) is 18.4 Å². The van der Waals surface area contributed by atoms with Crippen molar-refractivity contribution in [1.82, 2.24) is 4.98 Å². The SMILES string of the molecule is CCCC(N)c1cccnc1OC. The van der Waals surface area contributed by atoms with Gasteiger partial charge in [0.2, 0.25) is 5.88 Å². The van der Waals surface area contributed by atoms with Crippen LogP contribution >= 0.6 is 0 Å². The third kappa shape index (κ3) is 2.42. The average molecular weight is 180 g/mol. The van der Waals surface area contributed by atoms with Gasteiger partial charge in [0, 0.05) is 17.8 Å². The van der Waals surface area contributed by atoms with Crippen LogP contribution in [0.3, 0.4) is 0 Å². The summed E-state index contributed by atoms with van der Waals surface area (Å²) in [5.41, 5.74) is 6.95. The molecule has 0 aliphatic rings. The Morgan fingerprint density at radius 1 is 1.62 bits per heavy atom. The van der Waals surface area contributed by atoms with E-state index in [4.69, 9.17) is 10.5 Å². The molecule has 3 heteroatoms. The lowest BCUT2D eigenvalue weighted by Gasteiger charge is -2.13. The van der Waals surface area contributed by atoms with Crippen LogP contribution in [0.2, 0.25) is 0 Å². The highest BCUT2D eigenvalue weighted by molar-refractivity contribution is 5.28. The Bertz CT molecular complexity index is 263. The van der Waals surface area contributed by atoms with Crippen LogP contribution in [0.15, 0.2) is 18.3 Å². The number of hydrogen-bond donors (Lipinski definition) is 1. The molecule has 1 atom stereocenters. The summed E-state index contributed by atoms with van der Waals surface area (Å²) in [4.78, 5) is 4.10. The van der Waals surface area contributed by atoms with E-state index < -0.39 is 0 Å². The average Bonchev–Trinajstić information content (AvgIpc) is 2.18. The Balaban J connectivity index is 2.85. The molecule has 0 amide bonds. The number of pyridine rings is 1. The molecule has 0 fully saturated rings. The van der Waals surface area contributed by atoms with Crippen LogP contribution < -0.4 is 10.5 Å². The van der Waals surface area contributed by atoms with Crippen LogP contribution in [0.25, 0.3) is 0 Å². The van der Waals surface area contributed by atoms with Gasteiger partial charge in [-0.15, -0.1) is 0 Å². The second-order valence-electron chi connectivity index (χ2n) is 3.00. The van der Waals surface area contributed by atoms with Crippen LogP contribution in [0.4, 0.5) is 0 Å². The van der Waals surface area contributed by atoms with E-state index in [1.165, 1.54) is 0 Å². The number of nitrogens with zero attached hydrogens (tertiary/aromatic N) is 1. The van der Waals surface area contributed by atoms with E-state index in [0.29, 0.717) is 5.88 Å². The third-order valence-corrected chi connectivity index (χ3v) is 1.99. The Morgan fingerprint density at radius 2 is 2.38 bits per heavy atom. The molecular formula is C10H16N2O. The number of nitrogens with two attached hydrogens (primary N) is 1. The second kappa shape index (κ2) is 4.82. The van der Waals surface area contributed by atoms with Crippen molar-refractivity contribution in [3.8, 4) is 5.88 Å². The fourth-order valence-electron chi connectivity index (χ4n) is 1.32. The van der Waals surface area contributed by atoms with E-state index in [-0.39, 0.29) is 6.04 Å². The summed E-state index contributed by atoms with van der Waals surface area (Å²) in [5, 5.41) is 0. The molecule has 0 saturated carbocycles. The van der Waals surface area contributed by atoms with Crippen molar-refractivity contribution in [2.45, 2.75) is 25.8 Å². The molecule has 1 heterocycles. The zero-order chi connectivity index (χ0) is 9.68. The lowest BCUT2D eigenvalue weighted by atomic mass is 10.1. The van der Waals surface area contributed by atoms with Crippen LogP contribution in [0.5, 0.6) is 5.88 Å². The Labute approximate surface area is 78.9 Å². The maximum Gasteiger partial charge on any atom is 0.217 e. The highest BCUT2D eigenvalue weighted by Crippen LogP contribution is 2.23. The molecule has 0 bridgehead atoms. The highest BCUT2D eigenvalue weighted by Gasteiger charge is 2.10. The maximum atomic E-state index is 5.96. The number of hydrogen-bond acceptors (Lipinski definition) is 3. The molecular weight excluding hydrogens is 164 g/mol. The van der Waals surface area contributed by atoms with E-state index >= 15 is 0 Å². The van der Waals surface area contributed by atoms with Gasteiger partial charge in [-0.25, -0.2) is 4.98 Å². The number of aromatic nitrogens is 1. The molecule has 72 valence electrons. The minimum Gasteiger partial charge on any atom is -0.481 e. The van der Waals surface area contributed by atoms with Crippen molar-refractivity contribution in [3.05, 3.63) is 23.9 Å². The molecule has 0 spiro atoms. The Morgan fingerprint density at radius 3 is 3.00 bits per heavy atom. The zero-order valence-electron chi connectivity index (χ0n) is 8.16. The van der Waals surface area contributed by atoms with Crippen molar-refractivity contribution >= 4 is 0 Å². The normalized spacial score (nSPS) is 12.5. The first kappa shape index (κ1) is 9.99. The van der Waals surface area contributed by atoms with Crippen molar-refractivity contribution in [1.29, 1.82) is 0 Å². The topological polar surface area (TPSA) is 48.1 Å². The number of methoxy groups -OCH3 is 1. The first-order chi connectivity index (χ1) is 6.29. The van der Waals surface area contributed by atoms with Crippen LogP contribution in [-0.2, 0) is 0 Å². The first-order valence-corrected chi connectivity index (χ1v) is 4.54. The summed E-state index contributed by atoms with van der Waals surface area (Å²) in [6.45, 7) is 2.11. The fraction of sp³-hybridized carbons (Fsp3) is 0.500. The second-order valence-corrected chi connectivity index (χ2v) is 3.00.